The summed E-state index contributed by atoms with van der Waals surface area (Å²) in [6.07, 6.45) is 3.53. The van der Waals surface area contributed by atoms with Gasteiger partial charge in [-0.3, -0.25) is 4.98 Å². The summed E-state index contributed by atoms with van der Waals surface area (Å²) in [5.74, 6) is -0.442. The van der Waals surface area contributed by atoms with Gasteiger partial charge in [-0.05, 0) is 34.7 Å². The topological polar surface area (TPSA) is 38.9 Å². The van der Waals surface area contributed by atoms with Crippen LogP contribution in [0.3, 0.4) is 0 Å². The third kappa shape index (κ3) is 2.26. The van der Waals surface area contributed by atoms with Crippen LogP contribution in [0.4, 0.5) is 4.39 Å². The van der Waals surface area contributed by atoms with Gasteiger partial charge in [-0.25, -0.2) is 4.39 Å². The first-order valence-corrected chi connectivity index (χ1v) is 6.58. The zero-order chi connectivity index (χ0) is 14.1. The molecule has 1 heterocycles. The molecule has 4 heteroatoms. The Morgan fingerprint density at radius 2 is 2.00 bits per heavy atom. The molecule has 100 valence electrons. The van der Waals surface area contributed by atoms with Crippen LogP contribution < -0.4 is 5.73 Å². The molecule has 0 radical (unpaired) electrons. The van der Waals surface area contributed by atoms with E-state index in [1.54, 1.807) is 24.5 Å². The Labute approximate surface area is 121 Å². The first kappa shape index (κ1) is 13.0. The summed E-state index contributed by atoms with van der Waals surface area (Å²) >= 11 is 5.82. The van der Waals surface area contributed by atoms with E-state index in [2.05, 4.69) is 4.98 Å². The zero-order valence-electron chi connectivity index (χ0n) is 10.6. The van der Waals surface area contributed by atoms with E-state index in [4.69, 9.17) is 17.3 Å². The maximum Gasteiger partial charge on any atom is 0.141 e. The Bertz CT molecular complexity index is 768. The summed E-state index contributed by atoms with van der Waals surface area (Å²) < 4.78 is 13.2. The highest BCUT2D eigenvalue weighted by molar-refractivity contribution is 6.30. The Hall–Kier alpha value is -1.97. The molecule has 3 aromatic rings. The Morgan fingerprint density at radius 1 is 1.15 bits per heavy atom. The van der Waals surface area contributed by atoms with Crippen LogP contribution in [0.15, 0.2) is 54.9 Å². The van der Waals surface area contributed by atoms with E-state index in [0.717, 1.165) is 21.9 Å². The quantitative estimate of drug-likeness (QED) is 0.771. The second-order valence-corrected chi connectivity index (χ2v) is 5.00. The van der Waals surface area contributed by atoms with Crippen LogP contribution in [0.5, 0.6) is 0 Å². The Morgan fingerprint density at radius 3 is 2.80 bits per heavy atom. The average molecular weight is 287 g/mol. The number of fused-ring (bicyclic) bond motifs is 1. The summed E-state index contributed by atoms with van der Waals surface area (Å²) in [7, 11) is 0. The highest BCUT2D eigenvalue weighted by Crippen LogP contribution is 2.28. The second kappa shape index (κ2) is 5.19. The van der Waals surface area contributed by atoms with E-state index in [0.29, 0.717) is 0 Å². The predicted molar refractivity (Wildman–Crippen MR) is 79.2 cm³/mol. The number of hydrogen-bond donors (Lipinski definition) is 1. The lowest BCUT2D eigenvalue weighted by Gasteiger charge is -2.15. The van der Waals surface area contributed by atoms with Gasteiger partial charge in [0.25, 0.3) is 0 Å². The molecular formula is C16H12ClFN2. The smallest absolute Gasteiger partial charge is 0.141 e. The molecule has 2 N–H and O–H groups in total. The molecule has 0 fully saturated rings. The minimum Gasteiger partial charge on any atom is -0.320 e. The fourth-order valence-corrected chi connectivity index (χ4v) is 2.48. The van der Waals surface area contributed by atoms with Gasteiger partial charge >= 0.3 is 0 Å². The van der Waals surface area contributed by atoms with Crippen molar-refractivity contribution >= 4 is 22.4 Å². The molecule has 0 saturated carbocycles. The third-order valence-electron chi connectivity index (χ3n) is 3.36. The summed E-state index contributed by atoms with van der Waals surface area (Å²) in [5.41, 5.74) is 8.01. The van der Waals surface area contributed by atoms with Gasteiger partial charge in [0, 0.05) is 17.8 Å². The van der Waals surface area contributed by atoms with Gasteiger partial charge in [0.15, 0.2) is 0 Å². The predicted octanol–water partition coefficient (Wildman–Crippen LogP) is 4.08. The highest BCUT2D eigenvalue weighted by atomic mass is 35.5. The molecule has 0 aliphatic heterocycles. The molecule has 0 aliphatic rings. The molecule has 1 atom stereocenters. The van der Waals surface area contributed by atoms with Crippen LogP contribution in [-0.4, -0.2) is 4.98 Å². The number of rotatable bonds is 2. The van der Waals surface area contributed by atoms with Crippen LogP contribution in [0, 0.1) is 5.82 Å². The lowest BCUT2D eigenvalue weighted by Crippen LogP contribution is -2.12. The van der Waals surface area contributed by atoms with Crippen LogP contribution in [0.25, 0.3) is 10.8 Å². The molecule has 2 nitrogen and oxygen atoms in total. The van der Waals surface area contributed by atoms with E-state index in [1.807, 2.05) is 24.3 Å². The van der Waals surface area contributed by atoms with E-state index < -0.39 is 5.82 Å². The molecule has 0 bridgehead atoms. The van der Waals surface area contributed by atoms with Gasteiger partial charge in [-0.1, -0.05) is 35.9 Å². The molecule has 0 spiro atoms. The minimum atomic E-state index is -0.442. The summed E-state index contributed by atoms with van der Waals surface area (Å²) in [4.78, 5) is 4.14. The molecule has 2 aromatic carbocycles. The van der Waals surface area contributed by atoms with Crippen molar-refractivity contribution in [1.82, 2.24) is 4.98 Å². The van der Waals surface area contributed by atoms with Gasteiger partial charge in [0.05, 0.1) is 11.1 Å². The van der Waals surface area contributed by atoms with Gasteiger partial charge < -0.3 is 5.73 Å². The molecular weight excluding hydrogens is 275 g/mol. The maximum atomic E-state index is 13.2. The number of halogens is 2. The number of pyridine rings is 1. The Kier molecular flexibility index (Phi) is 3.38. The summed E-state index contributed by atoms with van der Waals surface area (Å²) in [5, 5.41) is 2.14. The van der Waals surface area contributed by atoms with Crippen molar-refractivity contribution in [3.63, 3.8) is 0 Å². The van der Waals surface area contributed by atoms with E-state index in [-0.39, 0.29) is 11.1 Å². The van der Waals surface area contributed by atoms with Gasteiger partial charge in [-0.2, -0.15) is 0 Å². The number of aromatic nitrogens is 1. The molecule has 1 aromatic heterocycles. The zero-order valence-corrected chi connectivity index (χ0v) is 11.3. The average Bonchev–Trinajstić information content (AvgIpc) is 2.49. The van der Waals surface area contributed by atoms with Gasteiger partial charge in [-0.15, -0.1) is 0 Å². The lowest BCUT2D eigenvalue weighted by atomic mass is 9.95. The van der Waals surface area contributed by atoms with Crippen molar-refractivity contribution in [3.05, 3.63) is 76.8 Å². The van der Waals surface area contributed by atoms with E-state index in [9.17, 15) is 4.39 Å². The normalized spacial score (nSPS) is 12.6. The molecule has 0 saturated heterocycles. The van der Waals surface area contributed by atoms with Crippen molar-refractivity contribution in [3.8, 4) is 0 Å². The van der Waals surface area contributed by atoms with Crippen molar-refractivity contribution < 1.29 is 4.39 Å². The number of nitrogens with zero attached hydrogens (tertiary/aromatic N) is 1. The first-order valence-electron chi connectivity index (χ1n) is 6.20. The monoisotopic (exact) mass is 286 g/mol. The van der Waals surface area contributed by atoms with Crippen molar-refractivity contribution in [2.24, 2.45) is 5.73 Å². The van der Waals surface area contributed by atoms with Crippen molar-refractivity contribution in [1.29, 1.82) is 0 Å². The second-order valence-electron chi connectivity index (χ2n) is 4.60. The van der Waals surface area contributed by atoms with Gasteiger partial charge in [0.2, 0.25) is 0 Å². The Balaban J connectivity index is 2.12. The summed E-state index contributed by atoms with van der Waals surface area (Å²) in [6.45, 7) is 0. The van der Waals surface area contributed by atoms with Crippen LogP contribution in [0.2, 0.25) is 5.02 Å². The van der Waals surface area contributed by atoms with Crippen molar-refractivity contribution in [2.45, 2.75) is 6.04 Å². The molecule has 3 rings (SSSR count). The van der Waals surface area contributed by atoms with Crippen LogP contribution in [0.1, 0.15) is 17.2 Å². The SMILES string of the molecule is NC(c1ccc(F)c(Cl)c1)c1cccc2ccncc12. The van der Waals surface area contributed by atoms with E-state index in [1.165, 1.54) is 6.07 Å². The molecule has 1 unspecified atom stereocenters. The first-order chi connectivity index (χ1) is 9.66. The number of nitrogens with two attached hydrogens (primary N) is 1. The fourth-order valence-electron chi connectivity index (χ4n) is 2.29. The van der Waals surface area contributed by atoms with Crippen LogP contribution in [-0.2, 0) is 0 Å². The lowest BCUT2D eigenvalue weighted by molar-refractivity contribution is 0.627. The molecule has 20 heavy (non-hydrogen) atoms. The summed E-state index contributed by atoms with van der Waals surface area (Å²) in [6, 6.07) is 12.0. The third-order valence-corrected chi connectivity index (χ3v) is 3.64. The van der Waals surface area contributed by atoms with Crippen LogP contribution >= 0.6 is 11.6 Å². The van der Waals surface area contributed by atoms with E-state index >= 15 is 0 Å². The van der Waals surface area contributed by atoms with Gasteiger partial charge in [0.1, 0.15) is 5.82 Å². The maximum absolute atomic E-state index is 13.2. The molecule has 0 amide bonds. The highest BCUT2D eigenvalue weighted by Gasteiger charge is 2.13. The largest absolute Gasteiger partial charge is 0.320 e. The number of hydrogen-bond acceptors (Lipinski definition) is 2. The van der Waals surface area contributed by atoms with Crippen molar-refractivity contribution in [2.75, 3.05) is 0 Å². The fraction of sp³-hybridized carbons (Fsp3) is 0.0625. The molecule has 0 aliphatic carbocycles. The number of benzene rings is 2. The minimum absolute atomic E-state index is 0.0799. The standard InChI is InChI=1S/C16H12ClFN2/c17-14-8-11(4-5-15(14)18)16(19)12-3-1-2-10-6-7-20-9-13(10)12/h1-9,16H,19H2.